The van der Waals surface area contributed by atoms with Gasteiger partial charge in [0.1, 0.15) is 5.75 Å². The Morgan fingerprint density at radius 2 is 2.35 bits per heavy atom. The number of ether oxygens (including phenoxy) is 2. The van der Waals surface area contributed by atoms with E-state index in [1.165, 1.54) is 18.4 Å². The highest BCUT2D eigenvalue weighted by Gasteiger charge is 2.14. The van der Waals surface area contributed by atoms with Gasteiger partial charge in [0, 0.05) is 13.2 Å². The molecule has 17 heavy (non-hydrogen) atoms. The number of hydrogen-bond acceptors (Lipinski definition) is 3. The van der Waals surface area contributed by atoms with Crippen LogP contribution in [0.1, 0.15) is 24.8 Å². The molecule has 1 N–H and O–H groups in total. The highest BCUT2D eigenvalue weighted by molar-refractivity contribution is 5.57. The Bertz CT molecular complexity index is 359. The second-order valence-corrected chi connectivity index (χ2v) is 4.55. The number of anilines is 1. The zero-order valence-electron chi connectivity index (χ0n) is 10.7. The molecule has 0 aromatic heterocycles. The van der Waals surface area contributed by atoms with Gasteiger partial charge in [-0.1, -0.05) is 6.07 Å². The molecule has 1 unspecified atom stereocenters. The summed E-state index contributed by atoms with van der Waals surface area (Å²) in [6.45, 7) is 3.95. The fourth-order valence-corrected chi connectivity index (χ4v) is 2.20. The molecule has 1 aromatic rings. The molecule has 0 aliphatic carbocycles. The molecule has 1 atom stereocenters. The van der Waals surface area contributed by atoms with E-state index in [-0.39, 0.29) is 0 Å². The molecular formula is C14H21NO2. The first-order valence-corrected chi connectivity index (χ1v) is 6.29. The summed E-state index contributed by atoms with van der Waals surface area (Å²) in [5, 5.41) is 3.43. The summed E-state index contributed by atoms with van der Waals surface area (Å²) in [6, 6.07) is 6.18. The highest BCUT2D eigenvalue weighted by atomic mass is 16.5. The summed E-state index contributed by atoms with van der Waals surface area (Å²) in [5.74, 6) is 0.906. The number of aryl methyl sites for hydroxylation is 1. The van der Waals surface area contributed by atoms with Gasteiger partial charge < -0.3 is 14.8 Å². The molecule has 0 spiro atoms. The predicted molar refractivity (Wildman–Crippen MR) is 69.8 cm³/mol. The van der Waals surface area contributed by atoms with Crippen molar-refractivity contribution in [2.24, 2.45) is 0 Å². The predicted octanol–water partition coefficient (Wildman–Crippen LogP) is 2.98. The van der Waals surface area contributed by atoms with E-state index in [1.807, 2.05) is 6.07 Å². The van der Waals surface area contributed by atoms with Gasteiger partial charge in [0.05, 0.1) is 18.9 Å². The lowest BCUT2D eigenvalue weighted by atomic mass is 10.1. The first kappa shape index (κ1) is 12.2. The molecule has 0 radical (unpaired) electrons. The summed E-state index contributed by atoms with van der Waals surface area (Å²) >= 11 is 0. The van der Waals surface area contributed by atoms with Gasteiger partial charge in [-0.25, -0.2) is 0 Å². The first-order valence-electron chi connectivity index (χ1n) is 6.29. The van der Waals surface area contributed by atoms with Crippen LogP contribution in [0.4, 0.5) is 5.69 Å². The van der Waals surface area contributed by atoms with E-state index in [9.17, 15) is 0 Å². The quantitative estimate of drug-likeness (QED) is 0.851. The molecule has 1 aromatic carbocycles. The van der Waals surface area contributed by atoms with Crippen LogP contribution in [0, 0.1) is 6.92 Å². The molecule has 3 nitrogen and oxygen atoms in total. The lowest BCUT2D eigenvalue weighted by molar-refractivity contribution is 0.107. The van der Waals surface area contributed by atoms with Crippen LogP contribution < -0.4 is 10.1 Å². The smallest absolute Gasteiger partial charge is 0.141 e. The second-order valence-electron chi connectivity index (χ2n) is 4.55. The molecular weight excluding hydrogens is 214 g/mol. The third-order valence-electron chi connectivity index (χ3n) is 3.16. The summed E-state index contributed by atoms with van der Waals surface area (Å²) in [4.78, 5) is 0. The second kappa shape index (κ2) is 5.92. The molecule has 1 fully saturated rings. The molecule has 1 aliphatic rings. The lowest BCUT2D eigenvalue weighted by Gasteiger charge is -2.14. The van der Waals surface area contributed by atoms with E-state index in [1.54, 1.807) is 7.11 Å². The van der Waals surface area contributed by atoms with Gasteiger partial charge in [-0.2, -0.15) is 0 Å². The van der Waals surface area contributed by atoms with Crippen molar-refractivity contribution in [1.82, 2.24) is 0 Å². The summed E-state index contributed by atoms with van der Waals surface area (Å²) in [5.41, 5.74) is 2.32. The van der Waals surface area contributed by atoms with Crippen LogP contribution in [0.2, 0.25) is 0 Å². The highest BCUT2D eigenvalue weighted by Crippen LogP contribution is 2.25. The van der Waals surface area contributed by atoms with Crippen molar-refractivity contribution in [2.75, 3.05) is 25.6 Å². The van der Waals surface area contributed by atoms with Gasteiger partial charge in [-0.3, -0.25) is 0 Å². The first-order chi connectivity index (χ1) is 8.29. The number of methoxy groups -OCH3 is 1. The maximum Gasteiger partial charge on any atom is 0.141 e. The van der Waals surface area contributed by atoms with Crippen molar-refractivity contribution in [3.05, 3.63) is 23.8 Å². The topological polar surface area (TPSA) is 30.5 Å². The van der Waals surface area contributed by atoms with Gasteiger partial charge in [0.15, 0.2) is 0 Å². The fraction of sp³-hybridized carbons (Fsp3) is 0.571. The van der Waals surface area contributed by atoms with Crippen molar-refractivity contribution in [3.63, 3.8) is 0 Å². The van der Waals surface area contributed by atoms with E-state index in [0.717, 1.165) is 31.0 Å². The third-order valence-corrected chi connectivity index (χ3v) is 3.16. The Labute approximate surface area is 103 Å². The summed E-state index contributed by atoms with van der Waals surface area (Å²) < 4.78 is 10.9. The maximum absolute atomic E-state index is 5.60. The maximum atomic E-state index is 5.60. The average molecular weight is 235 g/mol. The standard InChI is InChI=1S/C14H21NO2/c1-11-5-6-14(16-2)13(10-11)15-8-7-12-4-3-9-17-12/h5-6,10,12,15H,3-4,7-9H2,1-2H3. The van der Waals surface area contributed by atoms with Crippen LogP contribution in [-0.2, 0) is 4.74 Å². The Hall–Kier alpha value is -1.22. The minimum Gasteiger partial charge on any atom is -0.495 e. The number of hydrogen-bond donors (Lipinski definition) is 1. The normalized spacial score (nSPS) is 19.3. The van der Waals surface area contributed by atoms with E-state index in [0.29, 0.717) is 6.10 Å². The minimum atomic E-state index is 0.443. The molecule has 1 heterocycles. The van der Waals surface area contributed by atoms with Crippen molar-refractivity contribution in [3.8, 4) is 5.75 Å². The van der Waals surface area contributed by atoms with Crippen molar-refractivity contribution in [2.45, 2.75) is 32.3 Å². The van der Waals surface area contributed by atoms with Gasteiger partial charge in [-0.05, 0) is 43.9 Å². The average Bonchev–Trinajstić information content (AvgIpc) is 2.82. The van der Waals surface area contributed by atoms with Gasteiger partial charge in [0.2, 0.25) is 0 Å². The van der Waals surface area contributed by atoms with Crippen LogP contribution in [0.25, 0.3) is 0 Å². The monoisotopic (exact) mass is 235 g/mol. The Morgan fingerprint density at radius 1 is 1.47 bits per heavy atom. The molecule has 0 saturated carbocycles. The number of benzene rings is 1. The SMILES string of the molecule is COc1ccc(C)cc1NCCC1CCCO1. The van der Waals surface area contributed by atoms with Crippen LogP contribution in [0.15, 0.2) is 18.2 Å². The summed E-state index contributed by atoms with van der Waals surface area (Å²) in [7, 11) is 1.70. The minimum absolute atomic E-state index is 0.443. The zero-order chi connectivity index (χ0) is 12.1. The van der Waals surface area contributed by atoms with Gasteiger partial charge in [-0.15, -0.1) is 0 Å². The van der Waals surface area contributed by atoms with Gasteiger partial charge in [0.25, 0.3) is 0 Å². The molecule has 0 bridgehead atoms. The lowest BCUT2D eigenvalue weighted by Crippen LogP contribution is -2.12. The van der Waals surface area contributed by atoms with Crippen LogP contribution in [0.3, 0.4) is 0 Å². The fourth-order valence-electron chi connectivity index (χ4n) is 2.20. The zero-order valence-corrected chi connectivity index (χ0v) is 10.7. The largest absolute Gasteiger partial charge is 0.495 e. The van der Waals surface area contributed by atoms with Crippen molar-refractivity contribution >= 4 is 5.69 Å². The Morgan fingerprint density at radius 3 is 3.06 bits per heavy atom. The summed E-state index contributed by atoms with van der Waals surface area (Å²) in [6.07, 6.45) is 3.92. The van der Waals surface area contributed by atoms with E-state index >= 15 is 0 Å². The number of rotatable bonds is 5. The Balaban J connectivity index is 1.86. The van der Waals surface area contributed by atoms with Gasteiger partial charge >= 0.3 is 0 Å². The van der Waals surface area contributed by atoms with E-state index in [2.05, 4.69) is 24.4 Å². The molecule has 94 valence electrons. The Kier molecular flexibility index (Phi) is 4.26. The van der Waals surface area contributed by atoms with Crippen LogP contribution >= 0.6 is 0 Å². The van der Waals surface area contributed by atoms with Crippen molar-refractivity contribution < 1.29 is 9.47 Å². The van der Waals surface area contributed by atoms with E-state index in [4.69, 9.17) is 9.47 Å². The molecule has 1 aliphatic heterocycles. The molecule has 1 saturated heterocycles. The van der Waals surface area contributed by atoms with Crippen LogP contribution in [-0.4, -0.2) is 26.4 Å². The number of nitrogens with one attached hydrogen (secondary N) is 1. The van der Waals surface area contributed by atoms with Crippen LogP contribution in [0.5, 0.6) is 5.75 Å². The third kappa shape index (κ3) is 3.37. The molecule has 3 heteroatoms. The molecule has 2 rings (SSSR count). The van der Waals surface area contributed by atoms with Crippen molar-refractivity contribution in [1.29, 1.82) is 0 Å². The van der Waals surface area contributed by atoms with E-state index < -0.39 is 0 Å². The molecule has 0 amide bonds.